The normalized spacial score (nSPS) is 13.1. The van der Waals surface area contributed by atoms with Crippen LogP contribution in [0.4, 0.5) is 0 Å². The Kier molecular flexibility index (Phi) is 6.30. The first-order valence-electron chi connectivity index (χ1n) is 6.59. The van der Waals surface area contributed by atoms with Gasteiger partial charge in [-0.2, -0.15) is 0 Å². The number of carboxylic acid groups (broad SMARTS) is 1. The number of hydrogen-bond donors (Lipinski definition) is 1. The average Bonchev–Trinajstić information content (AvgIpc) is 2.34. The molecule has 0 amide bonds. The molecule has 0 heterocycles. The lowest BCUT2D eigenvalue weighted by Gasteiger charge is -2.15. The zero-order chi connectivity index (χ0) is 14.3. The van der Waals surface area contributed by atoms with Gasteiger partial charge in [-0.15, -0.1) is 0 Å². The number of carboxylic acids is 1. The number of benzene rings is 1. The molecule has 1 rings (SSSR count). The van der Waals surface area contributed by atoms with Crippen LogP contribution in [0, 0.1) is 5.92 Å². The molecule has 1 unspecified atom stereocenters. The molecule has 0 bridgehead atoms. The number of rotatable bonds is 7. The van der Waals surface area contributed by atoms with Crippen molar-refractivity contribution in [2.24, 2.45) is 5.92 Å². The minimum absolute atomic E-state index is 0.256. The van der Waals surface area contributed by atoms with Crippen molar-refractivity contribution in [1.29, 1.82) is 0 Å². The molecular formula is C16H22O3. The molecule has 0 fully saturated rings. The molecule has 104 valence electrons. The Morgan fingerprint density at radius 1 is 1.26 bits per heavy atom. The zero-order valence-electron chi connectivity index (χ0n) is 11.8. The van der Waals surface area contributed by atoms with E-state index < -0.39 is 5.97 Å². The monoisotopic (exact) mass is 262 g/mol. The van der Waals surface area contributed by atoms with Crippen molar-refractivity contribution in [3.8, 4) is 0 Å². The van der Waals surface area contributed by atoms with E-state index in [1.807, 2.05) is 24.3 Å². The third-order valence-corrected chi connectivity index (χ3v) is 2.74. The van der Waals surface area contributed by atoms with Crippen LogP contribution in [0.25, 0.3) is 6.08 Å². The molecule has 0 aliphatic rings. The van der Waals surface area contributed by atoms with Gasteiger partial charge in [0.1, 0.15) is 0 Å². The molecule has 1 aromatic carbocycles. The summed E-state index contributed by atoms with van der Waals surface area (Å²) in [5, 5.41) is 8.54. The molecule has 0 radical (unpaired) electrons. The standard InChI is InChI=1S/C16H22O3/c1-12(2)10-13(3)19-11-15-6-4-14(5-7-15)8-9-16(17)18/h4-9,12-13H,10-11H2,1-3H3,(H,17,18)/b9-8+. The quantitative estimate of drug-likeness (QED) is 0.761. The first kappa shape index (κ1) is 15.4. The first-order chi connectivity index (χ1) is 8.97. The second kappa shape index (κ2) is 7.74. The Labute approximate surface area is 114 Å². The van der Waals surface area contributed by atoms with E-state index in [4.69, 9.17) is 9.84 Å². The van der Waals surface area contributed by atoms with Gasteiger partial charge in [0.05, 0.1) is 12.7 Å². The highest BCUT2D eigenvalue weighted by Gasteiger charge is 2.05. The summed E-state index contributed by atoms with van der Waals surface area (Å²) in [6, 6.07) is 7.71. The molecule has 19 heavy (non-hydrogen) atoms. The summed E-state index contributed by atoms with van der Waals surface area (Å²) in [6.07, 6.45) is 4.02. The minimum atomic E-state index is -0.935. The van der Waals surface area contributed by atoms with E-state index in [0.717, 1.165) is 23.6 Å². The van der Waals surface area contributed by atoms with Crippen molar-refractivity contribution in [3.63, 3.8) is 0 Å². The predicted molar refractivity (Wildman–Crippen MR) is 76.8 cm³/mol. The number of aliphatic carboxylic acids is 1. The fraction of sp³-hybridized carbons (Fsp3) is 0.438. The fourth-order valence-corrected chi connectivity index (χ4v) is 1.86. The summed E-state index contributed by atoms with van der Waals surface area (Å²) in [5.74, 6) is -0.298. The van der Waals surface area contributed by atoms with Crippen molar-refractivity contribution in [1.82, 2.24) is 0 Å². The first-order valence-corrected chi connectivity index (χ1v) is 6.59. The predicted octanol–water partition coefficient (Wildman–Crippen LogP) is 3.74. The SMILES string of the molecule is CC(C)CC(C)OCc1ccc(/C=C/C(=O)O)cc1. The maximum Gasteiger partial charge on any atom is 0.328 e. The summed E-state index contributed by atoms with van der Waals surface area (Å²) in [7, 11) is 0. The van der Waals surface area contributed by atoms with E-state index in [2.05, 4.69) is 20.8 Å². The summed E-state index contributed by atoms with van der Waals surface area (Å²) in [6.45, 7) is 7.05. The maximum absolute atomic E-state index is 10.4. The highest BCUT2D eigenvalue weighted by atomic mass is 16.5. The summed E-state index contributed by atoms with van der Waals surface area (Å²) < 4.78 is 5.76. The van der Waals surface area contributed by atoms with Crippen molar-refractivity contribution >= 4 is 12.0 Å². The van der Waals surface area contributed by atoms with E-state index in [1.165, 1.54) is 0 Å². The van der Waals surface area contributed by atoms with Crippen molar-refractivity contribution in [3.05, 3.63) is 41.5 Å². The van der Waals surface area contributed by atoms with Crippen molar-refractivity contribution < 1.29 is 14.6 Å². The van der Waals surface area contributed by atoms with Gasteiger partial charge >= 0.3 is 5.97 Å². The smallest absolute Gasteiger partial charge is 0.328 e. The second-order valence-corrected chi connectivity index (χ2v) is 5.16. The Bertz CT molecular complexity index is 418. The minimum Gasteiger partial charge on any atom is -0.478 e. The van der Waals surface area contributed by atoms with Gasteiger partial charge in [0.25, 0.3) is 0 Å². The van der Waals surface area contributed by atoms with Crippen LogP contribution in [0.1, 0.15) is 38.3 Å². The van der Waals surface area contributed by atoms with Gasteiger partial charge in [0.15, 0.2) is 0 Å². The molecule has 0 aliphatic carbocycles. The topological polar surface area (TPSA) is 46.5 Å². The summed E-state index contributed by atoms with van der Waals surface area (Å²) in [4.78, 5) is 10.4. The van der Waals surface area contributed by atoms with E-state index in [-0.39, 0.29) is 6.10 Å². The van der Waals surface area contributed by atoms with Crippen LogP contribution in [-0.4, -0.2) is 17.2 Å². The van der Waals surface area contributed by atoms with Gasteiger partial charge in [0, 0.05) is 6.08 Å². The van der Waals surface area contributed by atoms with E-state index >= 15 is 0 Å². The molecule has 0 spiro atoms. The van der Waals surface area contributed by atoms with Gasteiger partial charge in [-0.3, -0.25) is 0 Å². The Hall–Kier alpha value is -1.61. The van der Waals surface area contributed by atoms with E-state index in [9.17, 15) is 4.79 Å². The van der Waals surface area contributed by atoms with Gasteiger partial charge in [-0.05, 0) is 36.5 Å². The van der Waals surface area contributed by atoms with Crippen LogP contribution in [0.2, 0.25) is 0 Å². The van der Waals surface area contributed by atoms with Gasteiger partial charge in [-0.1, -0.05) is 38.1 Å². The van der Waals surface area contributed by atoms with Crippen LogP contribution >= 0.6 is 0 Å². The Balaban J connectivity index is 2.46. The molecule has 0 aromatic heterocycles. The molecule has 1 N–H and O–H groups in total. The summed E-state index contributed by atoms with van der Waals surface area (Å²) >= 11 is 0. The molecule has 3 nitrogen and oxygen atoms in total. The lowest BCUT2D eigenvalue weighted by Crippen LogP contribution is -2.11. The largest absolute Gasteiger partial charge is 0.478 e. The average molecular weight is 262 g/mol. The highest BCUT2D eigenvalue weighted by Crippen LogP contribution is 2.12. The maximum atomic E-state index is 10.4. The Morgan fingerprint density at radius 3 is 2.42 bits per heavy atom. The van der Waals surface area contributed by atoms with Crippen LogP contribution in [0.5, 0.6) is 0 Å². The molecular weight excluding hydrogens is 240 g/mol. The van der Waals surface area contributed by atoms with Crippen molar-refractivity contribution in [2.75, 3.05) is 0 Å². The van der Waals surface area contributed by atoms with Crippen molar-refractivity contribution in [2.45, 2.75) is 39.9 Å². The molecule has 0 saturated carbocycles. The third-order valence-electron chi connectivity index (χ3n) is 2.74. The lowest BCUT2D eigenvalue weighted by molar-refractivity contribution is -0.131. The molecule has 0 saturated heterocycles. The number of ether oxygens (including phenoxy) is 1. The zero-order valence-corrected chi connectivity index (χ0v) is 11.8. The van der Waals surface area contributed by atoms with Gasteiger partial charge in [-0.25, -0.2) is 4.79 Å². The molecule has 1 aromatic rings. The second-order valence-electron chi connectivity index (χ2n) is 5.16. The summed E-state index contributed by atoms with van der Waals surface area (Å²) in [5.41, 5.74) is 1.98. The van der Waals surface area contributed by atoms with Crippen LogP contribution in [0.15, 0.2) is 30.3 Å². The van der Waals surface area contributed by atoms with Crippen LogP contribution in [-0.2, 0) is 16.1 Å². The molecule has 0 aliphatic heterocycles. The van der Waals surface area contributed by atoms with Gasteiger partial charge < -0.3 is 9.84 Å². The fourth-order valence-electron chi connectivity index (χ4n) is 1.86. The van der Waals surface area contributed by atoms with Gasteiger partial charge in [0.2, 0.25) is 0 Å². The van der Waals surface area contributed by atoms with Crippen LogP contribution < -0.4 is 0 Å². The molecule has 3 heteroatoms. The number of carbonyl (C=O) groups is 1. The van der Waals surface area contributed by atoms with E-state index in [1.54, 1.807) is 6.08 Å². The van der Waals surface area contributed by atoms with Crippen LogP contribution in [0.3, 0.4) is 0 Å². The van der Waals surface area contributed by atoms with E-state index in [0.29, 0.717) is 12.5 Å². The molecule has 1 atom stereocenters. The third kappa shape index (κ3) is 6.77. The number of hydrogen-bond acceptors (Lipinski definition) is 2. The lowest BCUT2D eigenvalue weighted by atomic mass is 10.1. The highest BCUT2D eigenvalue weighted by molar-refractivity contribution is 5.85. The Morgan fingerprint density at radius 2 is 1.89 bits per heavy atom.